The minimum Gasteiger partial charge on any atom is -0.337 e. The van der Waals surface area contributed by atoms with Crippen LogP contribution in [0.5, 0.6) is 0 Å². The van der Waals surface area contributed by atoms with Gasteiger partial charge >= 0.3 is 0 Å². The van der Waals surface area contributed by atoms with Gasteiger partial charge in [-0.2, -0.15) is 0 Å². The minimum atomic E-state index is -0.595. The average Bonchev–Trinajstić information content (AvgIpc) is 2.89. The van der Waals surface area contributed by atoms with Crippen molar-refractivity contribution in [3.05, 3.63) is 64.7 Å². The number of benzene rings is 1. The summed E-state index contributed by atoms with van der Waals surface area (Å²) in [6.07, 6.45) is 3.76. The Balaban J connectivity index is 1.70. The van der Waals surface area contributed by atoms with Crippen molar-refractivity contribution in [3.8, 4) is 0 Å². The Labute approximate surface area is 150 Å². The van der Waals surface area contributed by atoms with Crippen molar-refractivity contribution < 1.29 is 14.0 Å². The van der Waals surface area contributed by atoms with Crippen LogP contribution in [-0.2, 0) is 0 Å². The highest BCUT2D eigenvalue weighted by atomic mass is 35.5. The van der Waals surface area contributed by atoms with Gasteiger partial charge in [0.05, 0.1) is 11.1 Å². The van der Waals surface area contributed by atoms with E-state index in [2.05, 4.69) is 4.98 Å². The summed E-state index contributed by atoms with van der Waals surface area (Å²) in [6, 6.07) is 7.35. The number of halogens is 2. The number of nitrogens with zero attached hydrogens (tertiary/aromatic N) is 3. The topological polar surface area (TPSA) is 53.5 Å². The molecule has 0 bridgehead atoms. The Morgan fingerprint density at radius 3 is 2.44 bits per heavy atom. The molecule has 0 N–H and O–H groups in total. The van der Waals surface area contributed by atoms with Gasteiger partial charge in [-0.05, 0) is 36.8 Å². The van der Waals surface area contributed by atoms with E-state index in [-0.39, 0.29) is 11.5 Å². The maximum atomic E-state index is 13.9. The molecule has 1 aliphatic heterocycles. The zero-order chi connectivity index (χ0) is 17.8. The fourth-order valence-electron chi connectivity index (χ4n) is 2.83. The van der Waals surface area contributed by atoms with Crippen LogP contribution < -0.4 is 0 Å². The molecule has 1 aromatic carbocycles. The van der Waals surface area contributed by atoms with E-state index in [0.717, 1.165) is 0 Å². The van der Waals surface area contributed by atoms with E-state index < -0.39 is 11.7 Å². The first-order chi connectivity index (χ1) is 12.1. The second kappa shape index (κ2) is 7.61. The summed E-state index contributed by atoms with van der Waals surface area (Å²) in [4.78, 5) is 32.3. The molecule has 5 nitrogen and oxygen atoms in total. The van der Waals surface area contributed by atoms with Gasteiger partial charge in [0.2, 0.25) is 0 Å². The third-order valence-electron chi connectivity index (χ3n) is 4.14. The average molecular weight is 362 g/mol. The van der Waals surface area contributed by atoms with Gasteiger partial charge in [0, 0.05) is 43.6 Å². The lowest BCUT2D eigenvalue weighted by Crippen LogP contribution is -2.37. The van der Waals surface area contributed by atoms with Crippen molar-refractivity contribution in [3.63, 3.8) is 0 Å². The smallest absolute Gasteiger partial charge is 0.256 e. The van der Waals surface area contributed by atoms with Crippen molar-refractivity contribution >= 4 is 23.4 Å². The standard InChI is InChI=1S/C18H17ClFN3O2/c19-14-4-5-16(20)15(11-14)18(25)23-8-2-7-22(9-10-23)17(24)13-3-1-6-21-12-13/h1,3-6,11-12H,2,7-10H2. The van der Waals surface area contributed by atoms with Gasteiger partial charge in [0.1, 0.15) is 5.82 Å². The quantitative estimate of drug-likeness (QED) is 0.826. The summed E-state index contributed by atoms with van der Waals surface area (Å²) in [5.74, 6) is -1.12. The molecule has 0 radical (unpaired) electrons. The van der Waals surface area contributed by atoms with Crippen LogP contribution >= 0.6 is 11.6 Å². The maximum Gasteiger partial charge on any atom is 0.256 e. The van der Waals surface area contributed by atoms with Crippen molar-refractivity contribution in [2.75, 3.05) is 26.2 Å². The zero-order valence-corrected chi connectivity index (χ0v) is 14.2. The van der Waals surface area contributed by atoms with Gasteiger partial charge < -0.3 is 9.80 Å². The molecule has 0 aliphatic carbocycles. The summed E-state index contributed by atoms with van der Waals surface area (Å²) in [5, 5.41) is 0.313. The van der Waals surface area contributed by atoms with E-state index in [1.807, 2.05) is 0 Å². The fourth-order valence-corrected chi connectivity index (χ4v) is 3.00. The van der Waals surface area contributed by atoms with Crippen LogP contribution in [0.4, 0.5) is 4.39 Å². The molecule has 3 rings (SSSR count). The number of pyridine rings is 1. The van der Waals surface area contributed by atoms with Crippen LogP contribution in [0.25, 0.3) is 0 Å². The molecule has 0 atom stereocenters. The van der Waals surface area contributed by atoms with E-state index in [4.69, 9.17) is 11.6 Å². The number of carbonyl (C=O) groups excluding carboxylic acids is 2. The Bertz CT molecular complexity index is 785. The lowest BCUT2D eigenvalue weighted by atomic mass is 10.2. The number of rotatable bonds is 2. The first-order valence-corrected chi connectivity index (χ1v) is 8.37. The largest absolute Gasteiger partial charge is 0.337 e. The summed E-state index contributed by atoms with van der Waals surface area (Å²) in [6.45, 7) is 1.73. The minimum absolute atomic E-state index is 0.0421. The maximum absolute atomic E-state index is 13.9. The van der Waals surface area contributed by atoms with Crippen LogP contribution in [0, 0.1) is 5.82 Å². The molecule has 2 aromatic rings. The molecule has 130 valence electrons. The second-order valence-electron chi connectivity index (χ2n) is 5.80. The highest BCUT2D eigenvalue weighted by molar-refractivity contribution is 6.31. The summed E-state index contributed by atoms with van der Waals surface area (Å²) in [7, 11) is 0. The van der Waals surface area contributed by atoms with Crippen molar-refractivity contribution in [1.29, 1.82) is 0 Å². The Morgan fingerprint density at radius 1 is 1.04 bits per heavy atom. The molecular weight excluding hydrogens is 345 g/mol. The van der Waals surface area contributed by atoms with Crippen molar-refractivity contribution in [2.24, 2.45) is 0 Å². The van der Waals surface area contributed by atoms with E-state index in [1.165, 1.54) is 24.4 Å². The molecular formula is C18H17ClFN3O2. The lowest BCUT2D eigenvalue weighted by Gasteiger charge is -2.22. The van der Waals surface area contributed by atoms with Crippen LogP contribution in [-0.4, -0.2) is 52.8 Å². The third kappa shape index (κ3) is 3.96. The second-order valence-corrected chi connectivity index (χ2v) is 6.24. The zero-order valence-electron chi connectivity index (χ0n) is 13.5. The predicted molar refractivity (Wildman–Crippen MR) is 92.1 cm³/mol. The van der Waals surface area contributed by atoms with E-state index in [1.54, 1.807) is 28.1 Å². The SMILES string of the molecule is O=C(c1cccnc1)N1CCCN(C(=O)c2cc(Cl)ccc2F)CC1. The Hall–Kier alpha value is -2.47. The molecule has 0 saturated carbocycles. The lowest BCUT2D eigenvalue weighted by molar-refractivity contribution is 0.0716. The molecule has 1 fully saturated rings. The molecule has 1 aliphatic rings. The summed E-state index contributed by atoms with van der Waals surface area (Å²) < 4.78 is 13.9. The molecule has 1 saturated heterocycles. The van der Waals surface area contributed by atoms with E-state index in [9.17, 15) is 14.0 Å². The summed E-state index contributed by atoms with van der Waals surface area (Å²) >= 11 is 5.87. The first-order valence-electron chi connectivity index (χ1n) is 8.00. The van der Waals surface area contributed by atoms with Crippen LogP contribution in [0.1, 0.15) is 27.1 Å². The van der Waals surface area contributed by atoms with Crippen LogP contribution in [0.3, 0.4) is 0 Å². The van der Waals surface area contributed by atoms with Gasteiger partial charge in [-0.3, -0.25) is 14.6 Å². The van der Waals surface area contributed by atoms with E-state index >= 15 is 0 Å². The Kier molecular flexibility index (Phi) is 5.28. The first kappa shape index (κ1) is 17.4. The molecule has 1 aromatic heterocycles. The van der Waals surface area contributed by atoms with Gasteiger partial charge in [0.15, 0.2) is 0 Å². The molecule has 7 heteroatoms. The van der Waals surface area contributed by atoms with Gasteiger partial charge in [0.25, 0.3) is 11.8 Å². The Morgan fingerprint density at radius 2 is 1.76 bits per heavy atom. The molecule has 0 unspecified atom stereocenters. The highest BCUT2D eigenvalue weighted by Gasteiger charge is 2.25. The van der Waals surface area contributed by atoms with E-state index in [0.29, 0.717) is 43.2 Å². The van der Waals surface area contributed by atoms with Crippen LogP contribution in [0.15, 0.2) is 42.7 Å². The number of aromatic nitrogens is 1. The molecule has 25 heavy (non-hydrogen) atoms. The normalized spacial score (nSPS) is 15.0. The molecule has 0 spiro atoms. The monoisotopic (exact) mass is 361 g/mol. The fraction of sp³-hybridized carbons (Fsp3) is 0.278. The van der Waals surface area contributed by atoms with Gasteiger partial charge in [-0.15, -0.1) is 0 Å². The number of carbonyl (C=O) groups is 2. The third-order valence-corrected chi connectivity index (χ3v) is 4.37. The van der Waals surface area contributed by atoms with Gasteiger partial charge in [-0.25, -0.2) is 4.39 Å². The molecule has 2 amide bonds. The predicted octanol–water partition coefficient (Wildman–Crippen LogP) is 2.86. The summed E-state index contributed by atoms with van der Waals surface area (Å²) in [5.41, 5.74) is 0.475. The van der Waals surface area contributed by atoms with Crippen molar-refractivity contribution in [2.45, 2.75) is 6.42 Å². The number of hydrogen-bond donors (Lipinski definition) is 0. The highest BCUT2D eigenvalue weighted by Crippen LogP contribution is 2.18. The van der Waals surface area contributed by atoms with Crippen molar-refractivity contribution in [1.82, 2.24) is 14.8 Å². The number of hydrogen-bond acceptors (Lipinski definition) is 3. The van der Waals surface area contributed by atoms with Gasteiger partial charge in [-0.1, -0.05) is 11.6 Å². The molecule has 2 heterocycles. The number of amides is 2. The van der Waals surface area contributed by atoms with Crippen LogP contribution in [0.2, 0.25) is 5.02 Å².